The molecular formula is C20H22N4O3S2. The Kier molecular flexibility index (Phi) is 6.41. The zero-order valence-corrected chi connectivity index (χ0v) is 18.0. The lowest BCUT2D eigenvalue weighted by molar-refractivity contribution is 0.102. The first-order chi connectivity index (χ1) is 13.8. The zero-order valence-electron chi connectivity index (χ0n) is 16.3. The van der Waals surface area contributed by atoms with Crippen molar-refractivity contribution in [3.05, 3.63) is 59.7 Å². The third-order valence-electron chi connectivity index (χ3n) is 4.23. The molecule has 3 rings (SSSR count). The number of hydrogen-bond donors (Lipinski definition) is 2. The standard InChI is InChI=1S/C20H22N4O3S2/c1-4-21-29(26,27)17-11-9-15(10-12-17)18(25)22-20-24-23-19(28-20)16-7-5-14(6-8-16)13(2)3/h5-13,21H,4H2,1-3H3,(H,22,24,25). The molecule has 0 saturated heterocycles. The van der Waals surface area contributed by atoms with E-state index in [0.717, 1.165) is 5.56 Å². The lowest BCUT2D eigenvalue weighted by Gasteiger charge is -2.06. The highest BCUT2D eigenvalue weighted by Gasteiger charge is 2.15. The van der Waals surface area contributed by atoms with Crippen LogP contribution < -0.4 is 10.0 Å². The van der Waals surface area contributed by atoms with Gasteiger partial charge in [-0.2, -0.15) is 0 Å². The molecule has 7 nitrogen and oxygen atoms in total. The van der Waals surface area contributed by atoms with Crippen molar-refractivity contribution in [2.45, 2.75) is 31.6 Å². The molecule has 0 fully saturated rings. The van der Waals surface area contributed by atoms with Crippen molar-refractivity contribution in [2.24, 2.45) is 0 Å². The van der Waals surface area contributed by atoms with Gasteiger partial charge in [0.1, 0.15) is 5.01 Å². The smallest absolute Gasteiger partial charge is 0.257 e. The second-order valence-electron chi connectivity index (χ2n) is 6.67. The summed E-state index contributed by atoms with van der Waals surface area (Å²) in [5.41, 5.74) is 2.51. The molecule has 0 bridgehead atoms. The van der Waals surface area contributed by atoms with E-state index in [4.69, 9.17) is 0 Å². The van der Waals surface area contributed by atoms with Crippen LogP contribution in [0, 0.1) is 0 Å². The molecule has 1 amide bonds. The number of benzene rings is 2. The van der Waals surface area contributed by atoms with Crippen molar-refractivity contribution in [3.8, 4) is 10.6 Å². The van der Waals surface area contributed by atoms with E-state index in [0.29, 0.717) is 28.2 Å². The number of rotatable bonds is 7. The second-order valence-corrected chi connectivity index (χ2v) is 9.41. The van der Waals surface area contributed by atoms with Crippen LogP contribution in [0.2, 0.25) is 0 Å². The van der Waals surface area contributed by atoms with E-state index >= 15 is 0 Å². The molecule has 2 N–H and O–H groups in total. The number of amides is 1. The Morgan fingerprint density at radius 2 is 1.69 bits per heavy atom. The summed E-state index contributed by atoms with van der Waals surface area (Å²) < 4.78 is 26.4. The van der Waals surface area contributed by atoms with Crippen LogP contribution in [0.3, 0.4) is 0 Å². The first kappa shape index (κ1) is 21.1. The Morgan fingerprint density at radius 1 is 1.03 bits per heavy atom. The summed E-state index contributed by atoms with van der Waals surface area (Å²) in [6.07, 6.45) is 0. The van der Waals surface area contributed by atoms with E-state index in [1.807, 2.05) is 12.1 Å². The largest absolute Gasteiger partial charge is 0.296 e. The van der Waals surface area contributed by atoms with Crippen LogP contribution in [0.25, 0.3) is 10.6 Å². The van der Waals surface area contributed by atoms with Gasteiger partial charge in [0.25, 0.3) is 5.91 Å². The van der Waals surface area contributed by atoms with Gasteiger partial charge >= 0.3 is 0 Å². The van der Waals surface area contributed by atoms with E-state index in [9.17, 15) is 13.2 Å². The molecule has 3 aromatic rings. The van der Waals surface area contributed by atoms with Crippen molar-refractivity contribution in [1.82, 2.24) is 14.9 Å². The van der Waals surface area contributed by atoms with Crippen LogP contribution in [-0.4, -0.2) is 31.1 Å². The van der Waals surface area contributed by atoms with Crippen molar-refractivity contribution >= 4 is 32.4 Å². The molecule has 29 heavy (non-hydrogen) atoms. The number of hydrogen-bond acceptors (Lipinski definition) is 6. The van der Waals surface area contributed by atoms with E-state index in [2.05, 4.69) is 46.2 Å². The molecule has 0 spiro atoms. The fourth-order valence-corrected chi connectivity index (χ4v) is 4.41. The summed E-state index contributed by atoms with van der Waals surface area (Å²) in [5, 5.41) is 12.0. The molecule has 0 saturated carbocycles. The van der Waals surface area contributed by atoms with Gasteiger partial charge in [-0.1, -0.05) is 56.4 Å². The molecule has 1 aromatic heterocycles. The van der Waals surface area contributed by atoms with Gasteiger partial charge in [-0.3, -0.25) is 10.1 Å². The molecule has 0 aliphatic carbocycles. The molecule has 9 heteroatoms. The van der Waals surface area contributed by atoms with Gasteiger partial charge in [-0.25, -0.2) is 13.1 Å². The number of nitrogens with one attached hydrogen (secondary N) is 2. The normalized spacial score (nSPS) is 11.6. The van der Waals surface area contributed by atoms with Crippen molar-refractivity contribution in [3.63, 3.8) is 0 Å². The van der Waals surface area contributed by atoms with Crippen molar-refractivity contribution in [2.75, 3.05) is 11.9 Å². The summed E-state index contributed by atoms with van der Waals surface area (Å²) in [5.74, 6) is 0.0719. The SMILES string of the molecule is CCNS(=O)(=O)c1ccc(C(=O)Nc2nnc(-c3ccc(C(C)C)cc3)s2)cc1. The maximum atomic E-state index is 12.4. The lowest BCUT2D eigenvalue weighted by atomic mass is 10.0. The number of sulfonamides is 1. The zero-order chi connectivity index (χ0) is 21.0. The van der Waals surface area contributed by atoms with Gasteiger partial charge in [0, 0.05) is 17.7 Å². The number of carbonyl (C=O) groups is 1. The predicted octanol–water partition coefficient (Wildman–Crippen LogP) is 3.88. The summed E-state index contributed by atoms with van der Waals surface area (Å²) in [6.45, 7) is 6.27. The lowest BCUT2D eigenvalue weighted by Crippen LogP contribution is -2.23. The third-order valence-corrected chi connectivity index (χ3v) is 6.68. The van der Waals surface area contributed by atoms with Gasteiger partial charge in [0.15, 0.2) is 0 Å². The van der Waals surface area contributed by atoms with Crippen LogP contribution in [0.5, 0.6) is 0 Å². The second kappa shape index (κ2) is 8.81. The average molecular weight is 431 g/mol. The van der Waals surface area contributed by atoms with Crippen LogP contribution in [0.4, 0.5) is 5.13 Å². The van der Waals surface area contributed by atoms with Gasteiger partial charge in [0.2, 0.25) is 15.2 Å². The minimum atomic E-state index is -3.55. The first-order valence-electron chi connectivity index (χ1n) is 9.15. The molecular weight excluding hydrogens is 408 g/mol. The molecule has 0 unspecified atom stereocenters. The Morgan fingerprint density at radius 3 is 2.28 bits per heavy atom. The molecule has 152 valence electrons. The van der Waals surface area contributed by atoms with E-state index in [1.165, 1.54) is 41.2 Å². The summed E-state index contributed by atoms with van der Waals surface area (Å²) in [7, 11) is -3.55. The Balaban J connectivity index is 1.70. The third kappa shape index (κ3) is 5.06. The minimum absolute atomic E-state index is 0.110. The highest BCUT2D eigenvalue weighted by Crippen LogP contribution is 2.28. The topological polar surface area (TPSA) is 101 Å². The number of carbonyl (C=O) groups excluding carboxylic acids is 1. The summed E-state index contributed by atoms with van der Waals surface area (Å²) in [4.78, 5) is 12.5. The minimum Gasteiger partial charge on any atom is -0.296 e. The Bertz CT molecular complexity index is 1090. The van der Waals surface area contributed by atoms with Crippen LogP contribution in [0.15, 0.2) is 53.4 Å². The maximum Gasteiger partial charge on any atom is 0.257 e. The molecule has 1 heterocycles. The van der Waals surface area contributed by atoms with Gasteiger partial charge in [-0.15, -0.1) is 10.2 Å². The molecule has 2 aromatic carbocycles. The van der Waals surface area contributed by atoms with Gasteiger partial charge in [-0.05, 0) is 35.7 Å². The number of nitrogens with zero attached hydrogens (tertiary/aromatic N) is 2. The molecule has 0 aliphatic heterocycles. The van der Waals surface area contributed by atoms with Crippen LogP contribution >= 0.6 is 11.3 Å². The highest BCUT2D eigenvalue weighted by molar-refractivity contribution is 7.89. The number of anilines is 1. The van der Waals surface area contributed by atoms with Crippen LogP contribution in [0.1, 0.15) is 42.6 Å². The number of aromatic nitrogens is 2. The Labute approximate surface area is 174 Å². The average Bonchev–Trinajstić information content (AvgIpc) is 3.16. The summed E-state index contributed by atoms with van der Waals surface area (Å²) >= 11 is 1.28. The molecule has 0 atom stereocenters. The van der Waals surface area contributed by atoms with E-state index in [-0.39, 0.29) is 10.8 Å². The monoisotopic (exact) mass is 430 g/mol. The van der Waals surface area contributed by atoms with Crippen molar-refractivity contribution < 1.29 is 13.2 Å². The van der Waals surface area contributed by atoms with E-state index < -0.39 is 10.0 Å². The highest BCUT2D eigenvalue weighted by atomic mass is 32.2. The van der Waals surface area contributed by atoms with Crippen molar-refractivity contribution in [1.29, 1.82) is 0 Å². The fraction of sp³-hybridized carbons (Fsp3) is 0.250. The quantitative estimate of drug-likeness (QED) is 0.592. The fourth-order valence-electron chi connectivity index (χ4n) is 2.63. The molecule has 0 aliphatic rings. The van der Waals surface area contributed by atoms with Crippen LogP contribution in [-0.2, 0) is 10.0 Å². The predicted molar refractivity (Wildman–Crippen MR) is 115 cm³/mol. The van der Waals surface area contributed by atoms with Gasteiger partial charge < -0.3 is 0 Å². The summed E-state index contributed by atoms with van der Waals surface area (Å²) in [6, 6.07) is 13.8. The Hall–Kier alpha value is -2.62. The maximum absolute atomic E-state index is 12.4. The van der Waals surface area contributed by atoms with E-state index in [1.54, 1.807) is 6.92 Å². The molecule has 0 radical (unpaired) electrons. The van der Waals surface area contributed by atoms with Gasteiger partial charge in [0.05, 0.1) is 4.90 Å². The first-order valence-corrected chi connectivity index (χ1v) is 11.4.